The van der Waals surface area contributed by atoms with Gasteiger partial charge in [-0.3, -0.25) is 4.90 Å². The molecule has 1 fully saturated rings. The van der Waals surface area contributed by atoms with E-state index in [-0.39, 0.29) is 0 Å². The molecule has 8 heteroatoms. The van der Waals surface area contributed by atoms with E-state index in [0.717, 1.165) is 43.3 Å². The zero-order valence-electron chi connectivity index (χ0n) is 12.7. The molecule has 0 aromatic carbocycles. The Morgan fingerprint density at radius 1 is 1.23 bits per heavy atom. The topological polar surface area (TPSA) is 82.1 Å². The van der Waals surface area contributed by atoms with Crippen molar-refractivity contribution in [2.24, 2.45) is 0 Å². The predicted molar refractivity (Wildman–Crippen MR) is 82.7 cm³/mol. The van der Waals surface area contributed by atoms with Crippen LogP contribution in [-0.4, -0.2) is 45.6 Å². The van der Waals surface area contributed by atoms with E-state index in [9.17, 15) is 5.26 Å². The van der Waals surface area contributed by atoms with Gasteiger partial charge < -0.3 is 9.32 Å². The Bertz CT molecular complexity index is 680. The fourth-order valence-electron chi connectivity index (χ4n) is 2.50. The maximum absolute atomic E-state index is 9.24. The predicted octanol–water partition coefficient (Wildman–Crippen LogP) is 1.59. The second kappa shape index (κ2) is 6.42. The van der Waals surface area contributed by atoms with E-state index in [0.29, 0.717) is 23.9 Å². The number of hydrogen-bond acceptors (Lipinski definition) is 8. The second-order valence-corrected chi connectivity index (χ2v) is 6.02. The smallest absolute Gasteiger partial charge is 0.230 e. The van der Waals surface area contributed by atoms with Crippen LogP contribution in [0.25, 0.3) is 0 Å². The second-order valence-electron chi connectivity index (χ2n) is 5.27. The van der Waals surface area contributed by atoms with E-state index in [2.05, 4.69) is 30.4 Å². The Labute approximate surface area is 133 Å². The summed E-state index contributed by atoms with van der Waals surface area (Å²) in [6.07, 6.45) is 0.766. The number of piperazine rings is 1. The minimum absolute atomic E-state index is 0.677. The number of aromatic nitrogens is 3. The number of rotatable bonds is 4. The van der Waals surface area contributed by atoms with Crippen molar-refractivity contribution in [1.82, 2.24) is 19.5 Å². The third kappa shape index (κ3) is 2.96. The van der Waals surface area contributed by atoms with E-state index in [4.69, 9.17) is 4.42 Å². The lowest BCUT2D eigenvalue weighted by atomic mass is 10.2. The number of aryl methyl sites for hydroxylation is 2. The fraction of sp³-hybridized carbons (Fsp3) is 0.571. The van der Waals surface area contributed by atoms with Gasteiger partial charge in [0.25, 0.3) is 0 Å². The average molecular weight is 318 g/mol. The monoisotopic (exact) mass is 318 g/mol. The van der Waals surface area contributed by atoms with Crippen LogP contribution in [0.4, 0.5) is 5.00 Å². The van der Waals surface area contributed by atoms with Gasteiger partial charge >= 0.3 is 0 Å². The average Bonchev–Trinajstić information content (AvgIpc) is 3.14. The number of nitriles is 1. The van der Waals surface area contributed by atoms with Crippen molar-refractivity contribution in [3.05, 3.63) is 23.0 Å². The van der Waals surface area contributed by atoms with E-state index < -0.39 is 0 Å². The summed E-state index contributed by atoms with van der Waals surface area (Å²) in [6.45, 7) is 8.15. The molecule has 7 nitrogen and oxygen atoms in total. The van der Waals surface area contributed by atoms with E-state index in [1.165, 1.54) is 11.5 Å². The molecule has 3 rings (SSSR count). The maximum atomic E-state index is 9.24. The van der Waals surface area contributed by atoms with Crippen LogP contribution in [-0.2, 0) is 13.0 Å². The maximum Gasteiger partial charge on any atom is 0.230 e. The molecule has 1 aliphatic rings. The van der Waals surface area contributed by atoms with Gasteiger partial charge in [-0.25, -0.2) is 0 Å². The molecule has 0 radical (unpaired) electrons. The highest BCUT2D eigenvalue weighted by atomic mass is 32.1. The number of nitrogens with zero attached hydrogens (tertiary/aromatic N) is 6. The van der Waals surface area contributed by atoms with E-state index in [1.807, 2.05) is 13.8 Å². The quantitative estimate of drug-likeness (QED) is 0.846. The Morgan fingerprint density at radius 3 is 2.59 bits per heavy atom. The molecular formula is C14H18N6OS. The van der Waals surface area contributed by atoms with Gasteiger partial charge in [0.1, 0.15) is 16.6 Å². The molecule has 0 aliphatic carbocycles. The molecule has 0 N–H and O–H groups in total. The summed E-state index contributed by atoms with van der Waals surface area (Å²) < 4.78 is 9.85. The summed E-state index contributed by atoms with van der Waals surface area (Å²) >= 11 is 1.41. The lowest BCUT2D eigenvalue weighted by Crippen LogP contribution is -2.46. The van der Waals surface area contributed by atoms with Crippen LogP contribution in [0.15, 0.2) is 4.42 Å². The first-order valence-electron chi connectivity index (χ1n) is 7.36. The van der Waals surface area contributed by atoms with Gasteiger partial charge in [-0.1, -0.05) is 6.92 Å². The van der Waals surface area contributed by atoms with E-state index in [1.54, 1.807) is 0 Å². The molecule has 1 saturated heterocycles. The molecule has 3 heterocycles. The van der Waals surface area contributed by atoms with Crippen LogP contribution in [0, 0.1) is 18.3 Å². The van der Waals surface area contributed by atoms with Crippen LogP contribution >= 0.6 is 11.5 Å². The lowest BCUT2D eigenvalue weighted by molar-refractivity contribution is 0.224. The minimum Gasteiger partial charge on any atom is -0.424 e. The minimum atomic E-state index is 0.677. The summed E-state index contributed by atoms with van der Waals surface area (Å²) in [5.41, 5.74) is 1.53. The fourth-order valence-corrected chi connectivity index (χ4v) is 3.40. The molecule has 22 heavy (non-hydrogen) atoms. The van der Waals surface area contributed by atoms with Crippen molar-refractivity contribution >= 4 is 16.5 Å². The van der Waals surface area contributed by atoms with Crippen molar-refractivity contribution < 1.29 is 4.42 Å². The molecule has 0 amide bonds. The van der Waals surface area contributed by atoms with Crippen LogP contribution in [0.1, 0.15) is 30.0 Å². The number of anilines is 1. The Morgan fingerprint density at radius 2 is 1.95 bits per heavy atom. The summed E-state index contributed by atoms with van der Waals surface area (Å²) in [4.78, 5) is 4.54. The Hall–Kier alpha value is -1.98. The van der Waals surface area contributed by atoms with Crippen molar-refractivity contribution in [1.29, 1.82) is 5.26 Å². The molecule has 2 aromatic heterocycles. The zero-order chi connectivity index (χ0) is 15.5. The van der Waals surface area contributed by atoms with Crippen LogP contribution in [0.5, 0.6) is 0 Å². The van der Waals surface area contributed by atoms with Gasteiger partial charge in [-0.05, 0) is 18.5 Å². The first-order valence-corrected chi connectivity index (χ1v) is 8.13. The van der Waals surface area contributed by atoms with Gasteiger partial charge in [0.05, 0.1) is 12.2 Å². The highest BCUT2D eigenvalue weighted by molar-refractivity contribution is 7.10. The molecule has 0 atom stereocenters. The van der Waals surface area contributed by atoms with Gasteiger partial charge in [-0.2, -0.15) is 9.64 Å². The van der Waals surface area contributed by atoms with Crippen LogP contribution in [0.3, 0.4) is 0 Å². The molecule has 116 valence electrons. The van der Waals surface area contributed by atoms with Crippen molar-refractivity contribution in [3.8, 4) is 6.07 Å². The van der Waals surface area contributed by atoms with Crippen molar-refractivity contribution in [2.75, 3.05) is 31.1 Å². The van der Waals surface area contributed by atoms with E-state index >= 15 is 0 Å². The molecule has 0 spiro atoms. The third-order valence-corrected chi connectivity index (χ3v) is 4.79. The Kier molecular flexibility index (Phi) is 4.36. The van der Waals surface area contributed by atoms with Crippen LogP contribution < -0.4 is 4.90 Å². The highest BCUT2D eigenvalue weighted by Crippen LogP contribution is 2.28. The first-order chi connectivity index (χ1) is 10.7. The van der Waals surface area contributed by atoms with Crippen LogP contribution in [0.2, 0.25) is 0 Å². The molecule has 0 unspecified atom stereocenters. The summed E-state index contributed by atoms with van der Waals surface area (Å²) in [5.74, 6) is 1.36. The van der Waals surface area contributed by atoms with Gasteiger partial charge in [-0.15, -0.1) is 10.2 Å². The zero-order valence-corrected chi connectivity index (χ0v) is 13.6. The molecule has 1 aliphatic heterocycles. The molecular weight excluding hydrogens is 300 g/mol. The SMILES string of the molecule is CCc1nnc(CN2CCN(c3snc(C)c3C#N)CC2)o1. The summed E-state index contributed by atoms with van der Waals surface area (Å²) in [7, 11) is 0. The highest BCUT2D eigenvalue weighted by Gasteiger charge is 2.23. The van der Waals surface area contributed by atoms with Gasteiger partial charge in [0.2, 0.25) is 11.8 Å². The summed E-state index contributed by atoms with van der Waals surface area (Å²) in [6, 6.07) is 2.26. The van der Waals surface area contributed by atoms with Crippen molar-refractivity contribution in [3.63, 3.8) is 0 Å². The molecule has 0 bridgehead atoms. The normalized spacial score (nSPS) is 16.0. The lowest BCUT2D eigenvalue weighted by Gasteiger charge is -2.34. The summed E-state index contributed by atoms with van der Waals surface area (Å²) in [5, 5.41) is 18.3. The number of hydrogen-bond donors (Lipinski definition) is 0. The standard InChI is InChI=1S/C14H18N6OS/c1-3-12-16-17-13(21-12)9-19-4-6-20(7-5-19)14-11(8-15)10(2)18-22-14/h3-7,9H2,1-2H3. The Balaban J connectivity index is 1.59. The molecule has 2 aromatic rings. The third-order valence-electron chi connectivity index (χ3n) is 3.79. The molecule has 0 saturated carbocycles. The first kappa shape index (κ1) is 14.9. The van der Waals surface area contributed by atoms with Crippen molar-refractivity contribution in [2.45, 2.75) is 26.8 Å². The largest absolute Gasteiger partial charge is 0.424 e. The van der Waals surface area contributed by atoms with Gasteiger partial charge in [0, 0.05) is 32.6 Å². The van der Waals surface area contributed by atoms with Gasteiger partial charge in [0.15, 0.2) is 0 Å².